The molecule has 0 saturated carbocycles. The molecule has 1 aromatic rings. The standard InChI is InChI=1S/C9H10F2N2O2/c1-15-9(14)6(12)2-5-3-7(10)13-8(11)4-5/h3-4,6H,2,12H2,1H3. The van der Waals surface area contributed by atoms with Gasteiger partial charge in [-0.1, -0.05) is 0 Å². The van der Waals surface area contributed by atoms with E-state index in [9.17, 15) is 13.6 Å². The molecule has 1 unspecified atom stereocenters. The third-order valence-electron chi connectivity index (χ3n) is 1.78. The van der Waals surface area contributed by atoms with Crippen molar-refractivity contribution in [3.8, 4) is 0 Å². The molecule has 0 saturated heterocycles. The Kier molecular flexibility index (Phi) is 3.68. The van der Waals surface area contributed by atoms with E-state index >= 15 is 0 Å². The fraction of sp³-hybridized carbons (Fsp3) is 0.333. The molecule has 1 aromatic heterocycles. The second kappa shape index (κ2) is 4.79. The normalized spacial score (nSPS) is 12.3. The summed E-state index contributed by atoms with van der Waals surface area (Å²) >= 11 is 0. The number of carbonyl (C=O) groups is 1. The van der Waals surface area contributed by atoms with Gasteiger partial charge in [0.2, 0.25) is 11.9 Å². The van der Waals surface area contributed by atoms with Crippen LogP contribution in [0.4, 0.5) is 8.78 Å². The number of carbonyl (C=O) groups excluding carboxylic acids is 1. The number of methoxy groups -OCH3 is 1. The number of nitrogens with zero attached hydrogens (tertiary/aromatic N) is 1. The van der Waals surface area contributed by atoms with Crippen LogP contribution < -0.4 is 5.73 Å². The molecule has 82 valence electrons. The van der Waals surface area contributed by atoms with Crippen molar-refractivity contribution in [3.05, 3.63) is 29.6 Å². The van der Waals surface area contributed by atoms with E-state index in [0.717, 1.165) is 12.1 Å². The first-order valence-electron chi connectivity index (χ1n) is 4.18. The molecular weight excluding hydrogens is 206 g/mol. The fourth-order valence-corrected chi connectivity index (χ4v) is 1.12. The molecule has 1 rings (SSSR count). The molecule has 1 atom stereocenters. The number of ether oxygens (including phenoxy) is 1. The predicted octanol–water partition coefficient (Wildman–Crippen LogP) is 0.403. The van der Waals surface area contributed by atoms with Gasteiger partial charge in [-0.3, -0.25) is 4.79 Å². The lowest BCUT2D eigenvalue weighted by atomic mass is 10.1. The van der Waals surface area contributed by atoms with Gasteiger partial charge in [-0.25, -0.2) is 0 Å². The summed E-state index contributed by atoms with van der Waals surface area (Å²) in [5.41, 5.74) is 5.68. The van der Waals surface area contributed by atoms with Crippen LogP contribution in [0, 0.1) is 11.9 Å². The highest BCUT2D eigenvalue weighted by Crippen LogP contribution is 2.06. The maximum absolute atomic E-state index is 12.7. The highest BCUT2D eigenvalue weighted by atomic mass is 19.1. The minimum atomic E-state index is -0.943. The Hall–Kier alpha value is -1.56. The van der Waals surface area contributed by atoms with Crippen molar-refractivity contribution >= 4 is 5.97 Å². The van der Waals surface area contributed by atoms with Crippen molar-refractivity contribution < 1.29 is 18.3 Å². The van der Waals surface area contributed by atoms with Crippen LogP contribution in [-0.4, -0.2) is 24.1 Å². The zero-order valence-corrected chi connectivity index (χ0v) is 8.04. The third-order valence-corrected chi connectivity index (χ3v) is 1.78. The van der Waals surface area contributed by atoms with Gasteiger partial charge in [-0.05, 0) is 24.1 Å². The lowest BCUT2D eigenvalue weighted by Crippen LogP contribution is -2.33. The van der Waals surface area contributed by atoms with E-state index < -0.39 is 23.9 Å². The molecule has 0 spiro atoms. The van der Waals surface area contributed by atoms with E-state index in [2.05, 4.69) is 9.72 Å². The molecule has 2 N–H and O–H groups in total. The van der Waals surface area contributed by atoms with Gasteiger partial charge in [0, 0.05) is 0 Å². The summed E-state index contributed by atoms with van der Waals surface area (Å²) in [7, 11) is 1.19. The van der Waals surface area contributed by atoms with E-state index in [1.54, 1.807) is 0 Å². The average Bonchev–Trinajstić information content (AvgIpc) is 2.14. The Balaban J connectivity index is 2.76. The van der Waals surface area contributed by atoms with Gasteiger partial charge in [0.1, 0.15) is 6.04 Å². The molecule has 0 bridgehead atoms. The van der Waals surface area contributed by atoms with Crippen molar-refractivity contribution in [1.82, 2.24) is 4.98 Å². The molecule has 6 heteroatoms. The van der Waals surface area contributed by atoms with E-state index in [4.69, 9.17) is 5.73 Å². The lowest BCUT2D eigenvalue weighted by Gasteiger charge is -2.08. The second-order valence-electron chi connectivity index (χ2n) is 2.95. The number of pyridine rings is 1. The molecule has 0 amide bonds. The van der Waals surface area contributed by atoms with Crippen LogP contribution in [0.2, 0.25) is 0 Å². The zero-order chi connectivity index (χ0) is 11.4. The minimum absolute atomic E-state index is 0.00301. The minimum Gasteiger partial charge on any atom is -0.468 e. The lowest BCUT2D eigenvalue weighted by molar-refractivity contribution is -0.142. The molecule has 0 aliphatic rings. The largest absolute Gasteiger partial charge is 0.468 e. The monoisotopic (exact) mass is 216 g/mol. The summed E-state index contributed by atoms with van der Waals surface area (Å²) in [5, 5.41) is 0. The van der Waals surface area contributed by atoms with Crippen molar-refractivity contribution in [2.45, 2.75) is 12.5 Å². The molecule has 0 radical (unpaired) electrons. The predicted molar refractivity (Wildman–Crippen MR) is 47.8 cm³/mol. The van der Waals surface area contributed by atoms with Gasteiger partial charge in [0.25, 0.3) is 0 Å². The van der Waals surface area contributed by atoms with Gasteiger partial charge in [-0.2, -0.15) is 13.8 Å². The smallest absolute Gasteiger partial charge is 0.322 e. The van der Waals surface area contributed by atoms with Gasteiger partial charge in [0.15, 0.2) is 0 Å². The third kappa shape index (κ3) is 3.25. The Morgan fingerprint density at radius 3 is 2.53 bits per heavy atom. The summed E-state index contributed by atoms with van der Waals surface area (Å²) in [6.07, 6.45) is 0.00301. The van der Waals surface area contributed by atoms with Crippen LogP contribution in [0.3, 0.4) is 0 Å². The second-order valence-corrected chi connectivity index (χ2v) is 2.95. The maximum Gasteiger partial charge on any atom is 0.322 e. The maximum atomic E-state index is 12.7. The van der Waals surface area contributed by atoms with E-state index in [1.165, 1.54) is 7.11 Å². The first kappa shape index (κ1) is 11.5. The van der Waals surface area contributed by atoms with Crippen molar-refractivity contribution in [1.29, 1.82) is 0 Å². The van der Waals surface area contributed by atoms with Crippen molar-refractivity contribution in [2.24, 2.45) is 5.73 Å². The molecule has 0 aliphatic carbocycles. The van der Waals surface area contributed by atoms with Crippen LogP contribution in [0.1, 0.15) is 5.56 Å². The average molecular weight is 216 g/mol. The molecule has 15 heavy (non-hydrogen) atoms. The van der Waals surface area contributed by atoms with Crippen LogP contribution in [0.15, 0.2) is 12.1 Å². The molecule has 0 aromatic carbocycles. The van der Waals surface area contributed by atoms with E-state index in [1.807, 2.05) is 0 Å². The molecule has 4 nitrogen and oxygen atoms in total. The Bertz CT molecular complexity index is 351. The summed E-state index contributed by atoms with van der Waals surface area (Å²) in [6.45, 7) is 0. The number of rotatable bonds is 3. The topological polar surface area (TPSA) is 65.2 Å². The van der Waals surface area contributed by atoms with Crippen LogP contribution in [0.25, 0.3) is 0 Å². The van der Waals surface area contributed by atoms with Crippen LogP contribution in [-0.2, 0) is 16.0 Å². The number of hydrogen-bond acceptors (Lipinski definition) is 4. The number of aromatic nitrogens is 1. The Morgan fingerprint density at radius 2 is 2.07 bits per heavy atom. The highest BCUT2D eigenvalue weighted by Gasteiger charge is 2.15. The summed E-state index contributed by atoms with van der Waals surface area (Å²) in [6, 6.07) is 1.11. The molecule has 1 heterocycles. The fourth-order valence-electron chi connectivity index (χ4n) is 1.12. The Morgan fingerprint density at radius 1 is 1.53 bits per heavy atom. The van der Waals surface area contributed by atoms with Gasteiger partial charge < -0.3 is 10.5 Å². The van der Waals surface area contributed by atoms with Gasteiger partial charge >= 0.3 is 5.97 Å². The Labute approximate surface area is 85.1 Å². The first-order valence-corrected chi connectivity index (χ1v) is 4.18. The zero-order valence-electron chi connectivity index (χ0n) is 8.04. The van der Waals surface area contributed by atoms with Crippen LogP contribution in [0.5, 0.6) is 0 Å². The molecule has 0 aliphatic heterocycles. The molecular formula is C9H10F2N2O2. The quantitative estimate of drug-likeness (QED) is 0.586. The van der Waals surface area contributed by atoms with Gasteiger partial charge in [-0.15, -0.1) is 0 Å². The molecule has 0 fully saturated rings. The van der Waals surface area contributed by atoms with Crippen molar-refractivity contribution in [2.75, 3.05) is 7.11 Å². The summed E-state index contributed by atoms with van der Waals surface area (Å²) < 4.78 is 29.7. The van der Waals surface area contributed by atoms with Gasteiger partial charge in [0.05, 0.1) is 7.11 Å². The summed E-state index contributed by atoms with van der Waals surface area (Å²) in [5.74, 6) is -2.52. The number of halogens is 2. The first-order chi connectivity index (χ1) is 7.02. The van der Waals surface area contributed by atoms with E-state index in [0.29, 0.717) is 0 Å². The SMILES string of the molecule is COC(=O)C(N)Cc1cc(F)nc(F)c1. The number of nitrogens with two attached hydrogens (primary N) is 1. The summed E-state index contributed by atoms with van der Waals surface area (Å²) in [4.78, 5) is 13.9. The highest BCUT2D eigenvalue weighted by molar-refractivity contribution is 5.75. The number of hydrogen-bond donors (Lipinski definition) is 1. The number of esters is 1. The van der Waals surface area contributed by atoms with Crippen LogP contribution >= 0.6 is 0 Å². The van der Waals surface area contributed by atoms with E-state index in [-0.39, 0.29) is 12.0 Å². The van der Waals surface area contributed by atoms with Crippen molar-refractivity contribution in [3.63, 3.8) is 0 Å².